The molecule has 1 N–H and O–H groups in total. The van der Waals surface area contributed by atoms with Crippen LogP contribution in [0, 0.1) is 13.8 Å². The van der Waals surface area contributed by atoms with E-state index in [-0.39, 0.29) is 11.9 Å². The van der Waals surface area contributed by atoms with Crippen molar-refractivity contribution < 1.29 is 4.79 Å². The molecule has 22 heavy (non-hydrogen) atoms. The van der Waals surface area contributed by atoms with Gasteiger partial charge in [-0.2, -0.15) is 5.10 Å². The lowest BCUT2D eigenvalue weighted by atomic mass is 10.1. The van der Waals surface area contributed by atoms with Crippen LogP contribution in [0.15, 0.2) is 30.5 Å². The molecule has 116 valence electrons. The Hall–Kier alpha value is -2.14. The summed E-state index contributed by atoms with van der Waals surface area (Å²) in [5, 5.41) is 7.75. The van der Waals surface area contributed by atoms with E-state index < -0.39 is 0 Å². The topological polar surface area (TPSA) is 50.2 Å². The second-order valence-corrected chi connectivity index (χ2v) is 5.89. The summed E-state index contributed by atoms with van der Waals surface area (Å²) in [6, 6.07) is 8.28. The highest BCUT2D eigenvalue weighted by atomic mass is 16.2. The van der Waals surface area contributed by atoms with Gasteiger partial charge in [-0.25, -0.2) is 4.68 Å². The second kappa shape index (κ2) is 5.93. The number of benzene rings is 1. The van der Waals surface area contributed by atoms with Gasteiger partial charge in [0.15, 0.2) is 0 Å². The lowest BCUT2D eigenvalue weighted by Crippen LogP contribution is -2.52. The Morgan fingerprint density at radius 3 is 2.82 bits per heavy atom. The quantitative estimate of drug-likeness (QED) is 0.921. The molecule has 5 heteroatoms. The number of hydrogen-bond donors (Lipinski definition) is 1. The predicted octanol–water partition coefficient (Wildman–Crippen LogP) is 1.92. The fourth-order valence-electron chi connectivity index (χ4n) is 2.96. The van der Waals surface area contributed by atoms with Crippen molar-refractivity contribution in [1.29, 1.82) is 0 Å². The molecule has 1 atom stereocenters. The summed E-state index contributed by atoms with van der Waals surface area (Å²) in [5.41, 5.74) is 3.75. The zero-order chi connectivity index (χ0) is 15.7. The Kier molecular flexibility index (Phi) is 3.98. The normalized spacial score (nSPS) is 18.5. The number of carbonyl (C=O) groups excluding carboxylic acids is 1. The molecule has 1 amide bonds. The first-order chi connectivity index (χ1) is 10.6. The highest BCUT2D eigenvalue weighted by molar-refractivity contribution is 5.95. The lowest BCUT2D eigenvalue weighted by Gasteiger charge is -2.33. The van der Waals surface area contributed by atoms with Gasteiger partial charge >= 0.3 is 0 Å². The van der Waals surface area contributed by atoms with Crippen LogP contribution >= 0.6 is 0 Å². The number of hydrogen-bond acceptors (Lipinski definition) is 3. The maximum absolute atomic E-state index is 12.8. The van der Waals surface area contributed by atoms with E-state index in [0.717, 1.165) is 36.6 Å². The summed E-state index contributed by atoms with van der Waals surface area (Å²) in [6.07, 6.45) is 1.69. The number of amides is 1. The van der Waals surface area contributed by atoms with Gasteiger partial charge in [-0.05, 0) is 32.4 Å². The molecule has 1 saturated heterocycles. The molecular weight excluding hydrogens is 276 g/mol. The largest absolute Gasteiger partial charge is 0.333 e. The van der Waals surface area contributed by atoms with Gasteiger partial charge in [-0.15, -0.1) is 0 Å². The van der Waals surface area contributed by atoms with Gasteiger partial charge in [-0.3, -0.25) is 4.79 Å². The minimum Gasteiger partial charge on any atom is -0.333 e. The first kappa shape index (κ1) is 14.8. The minimum atomic E-state index is 0.0753. The Morgan fingerprint density at radius 2 is 2.09 bits per heavy atom. The Labute approximate surface area is 130 Å². The van der Waals surface area contributed by atoms with Crippen LogP contribution in [0.2, 0.25) is 0 Å². The summed E-state index contributed by atoms with van der Waals surface area (Å²) >= 11 is 0. The maximum atomic E-state index is 12.8. The van der Waals surface area contributed by atoms with Crippen molar-refractivity contribution in [3.05, 3.63) is 47.3 Å². The van der Waals surface area contributed by atoms with Gasteiger partial charge in [-0.1, -0.05) is 18.2 Å². The van der Waals surface area contributed by atoms with Gasteiger partial charge in [0, 0.05) is 25.7 Å². The third-order valence-electron chi connectivity index (χ3n) is 4.35. The summed E-state index contributed by atoms with van der Waals surface area (Å²) in [6.45, 7) is 8.52. The summed E-state index contributed by atoms with van der Waals surface area (Å²) in [4.78, 5) is 14.7. The number of nitrogens with zero attached hydrogens (tertiary/aromatic N) is 3. The molecule has 0 bridgehead atoms. The van der Waals surface area contributed by atoms with Crippen molar-refractivity contribution in [2.75, 3.05) is 19.6 Å². The second-order valence-electron chi connectivity index (χ2n) is 5.89. The zero-order valence-electron chi connectivity index (χ0n) is 13.3. The Bertz CT molecular complexity index is 692. The average Bonchev–Trinajstić information content (AvgIpc) is 2.89. The number of piperazine rings is 1. The van der Waals surface area contributed by atoms with E-state index >= 15 is 0 Å². The molecule has 0 spiro atoms. The van der Waals surface area contributed by atoms with Crippen LogP contribution in [0.3, 0.4) is 0 Å². The SMILES string of the molecule is Cc1ccccc1-n1ncc(C(=O)N2CCNC[C@H]2C)c1C. The van der Waals surface area contributed by atoms with Crippen LogP contribution in [-0.4, -0.2) is 46.3 Å². The van der Waals surface area contributed by atoms with E-state index in [1.807, 2.05) is 34.7 Å². The molecule has 5 nitrogen and oxygen atoms in total. The molecule has 1 aromatic carbocycles. The average molecular weight is 298 g/mol. The van der Waals surface area contributed by atoms with Crippen LogP contribution in [0.4, 0.5) is 0 Å². The third kappa shape index (κ3) is 2.52. The predicted molar refractivity (Wildman–Crippen MR) is 86.4 cm³/mol. The standard InChI is InChI=1S/C17H22N4O/c1-12-6-4-5-7-16(12)21-14(3)15(11-19-21)17(22)20-9-8-18-10-13(20)2/h4-7,11,13,18H,8-10H2,1-3H3/t13-/m1/s1. The molecule has 1 aliphatic heterocycles. The zero-order valence-corrected chi connectivity index (χ0v) is 13.3. The highest BCUT2D eigenvalue weighted by Crippen LogP contribution is 2.19. The molecule has 0 aliphatic carbocycles. The van der Waals surface area contributed by atoms with E-state index in [0.29, 0.717) is 5.56 Å². The van der Waals surface area contributed by atoms with Crippen molar-refractivity contribution >= 4 is 5.91 Å². The van der Waals surface area contributed by atoms with Crippen LogP contribution in [0.25, 0.3) is 5.69 Å². The van der Waals surface area contributed by atoms with Gasteiger partial charge < -0.3 is 10.2 Å². The molecular formula is C17H22N4O. The number of aryl methyl sites for hydroxylation is 1. The monoisotopic (exact) mass is 298 g/mol. The molecule has 0 saturated carbocycles. The first-order valence-electron chi connectivity index (χ1n) is 7.72. The maximum Gasteiger partial charge on any atom is 0.257 e. The number of para-hydroxylation sites is 1. The van der Waals surface area contributed by atoms with Crippen molar-refractivity contribution in [2.45, 2.75) is 26.8 Å². The van der Waals surface area contributed by atoms with Gasteiger partial charge in [0.2, 0.25) is 0 Å². The number of aromatic nitrogens is 2. The van der Waals surface area contributed by atoms with Crippen molar-refractivity contribution in [2.24, 2.45) is 0 Å². The van der Waals surface area contributed by atoms with Crippen LogP contribution in [-0.2, 0) is 0 Å². The molecule has 1 aromatic heterocycles. The Balaban J connectivity index is 1.94. The smallest absolute Gasteiger partial charge is 0.257 e. The molecule has 0 radical (unpaired) electrons. The van der Waals surface area contributed by atoms with E-state index in [1.54, 1.807) is 6.20 Å². The van der Waals surface area contributed by atoms with Gasteiger partial charge in [0.25, 0.3) is 5.91 Å². The van der Waals surface area contributed by atoms with Crippen molar-refractivity contribution in [3.8, 4) is 5.69 Å². The van der Waals surface area contributed by atoms with E-state index in [4.69, 9.17) is 0 Å². The summed E-state index contributed by atoms with van der Waals surface area (Å²) in [5.74, 6) is 0.0753. The van der Waals surface area contributed by atoms with Crippen molar-refractivity contribution in [3.63, 3.8) is 0 Å². The van der Waals surface area contributed by atoms with Crippen molar-refractivity contribution in [1.82, 2.24) is 20.0 Å². The third-order valence-corrected chi connectivity index (χ3v) is 4.35. The van der Waals surface area contributed by atoms with E-state index in [1.165, 1.54) is 0 Å². The summed E-state index contributed by atoms with van der Waals surface area (Å²) in [7, 11) is 0. The van der Waals surface area contributed by atoms with Crippen LogP contribution in [0.1, 0.15) is 28.5 Å². The number of carbonyl (C=O) groups is 1. The summed E-state index contributed by atoms with van der Waals surface area (Å²) < 4.78 is 1.86. The molecule has 2 aromatic rings. The van der Waals surface area contributed by atoms with Crippen LogP contribution < -0.4 is 5.32 Å². The number of nitrogens with one attached hydrogen (secondary N) is 1. The minimum absolute atomic E-state index is 0.0753. The fourth-order valence-corrected chi connectivity index (χ4v) is 2.96. The van der Waals surface area contributed by atoms with Gasteiger partial charge in [0.05, 0.1) is 23.1 Å². The Morgan fingerprint density at radius 1 is 1.32 bits per heavy atom. The fraction of sp³-hybridized carbons (Fsp3) is 0.412. The van der Waals surface area contributed by atoms with E-state index in [2.05, 4.69) is 30.3 Å². The number of rotatable bonds is 2. The van der Waals surface area contributed by atoms with E-state index in [9.17, 15) is 4.79 Å². The van der Waals surface area contributed by atoms with Gasteiger partial charge in [0.1, 0.15) is 0 Å². The highest BCUT2D eigenvalue weighted by Gasteiger charge is 2.26. The molecule has 0 unspecified atom stereocenters. The molecule has 1 aliphatic rings. The van der Waals surface area contributed by atoms with Crippen LogP contribution in [0.5, 0.6) is 0 Å². The molecule has 1 fully saturated rings. The molecule has 3 rings (SSSR count). The lowest BCUT2D eigenvalue weighted by molar-refractivity contribution is 0.0655. The molecule has 2 heterocycles. The first-order valence-corrected chi connectivity index (χ1v) is 7.72.